The second kappa shape index (κ2) is 4.50. The standard InChI is InChI=1S/C6H15BN2O2S/c1-6(8)9-12(10,11)5-4-7(2)3/h4-5H2,1-3H3,(H2,8,9). The van der Waals surface area contributed by atoms with E-state index in [-0.39, 0.29) is 11.6 Å². The van der Waals surface area contributed by atoms with Crippen LogP contribution in [0.2, 0.25) is 20.0 Å². The SMILES string of the molecule is CB(C)CCS(=O)(=O)/N=C(\C)N. The van der Waals surface area contributed by atoms with Crippen LogP contribution in [0.4, 0.5) is 0 Å². The maximum atomic E-state index is 11.1. The van der Waals surface area contributed by atoms with Gasteiger partial charge in [-0.15, -0.1) is 0 Å². The van der Waals surface area contributed by atoms with Crippen molar-refractivity contribution in [3.05, 3.63) is 0 Å². The summed E-state index contributed by atoms with van der Waals surface area (Å²) in [6, 6.07) is 0. The van der Waals surface area contributed by atoms with Gasteiger partial charge in [0.2, 0.25) is 0 Å². The molecule has 0 amide bonds. The van der Waals surface area contributed by atoms with Crippen molar-refractivity contribution in [2.75, 3.05) is 5.75 Å². The van der Waals surface area contributed by atoms with E-state index in [1.807, 2.05) is 13.6 Å². The van der Waals surface area contributed by atoms with Crippen LogP contribution >= 0.6 is 0 Å². The lowest BCUT2D eigenvalue weighted by Gasteiger charge is -1.99. The van der Waals surface area contributed by atoms with Gasteiger partial charge >= 0.3 is 0 Å². The Labute approximate surface area is 74.4 Å². The van der Waals surface area contributed by atoms with Gasteiger partial charge in [0, 0.05) is 0 Å². The zero-order valence-corrected chi connectivity index (χ0v) is 8.56. The second-order valence-corrected chi connectivity index (χ2v) is 4.96. The van der Waals surface area contributed by atoms with Gasteiger partial charge in [0.25, 0.3) is 10.0 Å². The Balaban J connectivity index is 4.17. The zero-order valence-electron chi connectivity index (χ0n) is 7.74. The highest BCUT2D eigenvalue weighted by Gasteiger charge is 2.10. The van der Waals surface area contributed by atoms with Crippen molar-refractivity contribution >= 4 is 22.6 Å². The molecule has 0 radical (unpaired) electrons. The number of hydrogen-bond donors (Lipinski definition) is 1. The van der Waals surface area contributed by atoms with Gasteiger partial charge in [-0.3, -0.25) is 0 Å². The summed E-state index contributed by atoms with van der Waals surface area (Å²) in [5.74, 6) is 0.179. The van der Waals surface area contributed by atoms with Gasteiger partial charge < -0.3 is 5.73 Å². The van der Waals surface area contributed by atoms with Gasteiger partial charge in [-0.05, 0) is 6.92 Å². The number of hydrogen-bond acceptors (Lipinski definition) is 2. The van der Waals surface area contributed by atoms with Crippen LogP contribution in [0.3, 0.4) is 0 Å². The van der Waals surface area contributed by atoms with Crippen LogP contribution in [0.15, 0.2) is 4.40 Å². The molecular weight excluding hydrogens is 175 g/mol. The largest absolute Gasteiger partial charge is 0.387 e. The van der Waals surface area contributed by atoms with Gasteiger partial charge in [-0.1, -0.05) is 20.0 Å². The summed E-state index contributed by atoms with van der Waals surface area (Å²) in [5, 5.41) is 0. The first-order valence-electron chi connectivity index (χ1n) is 3.88. The highest BCUT2D eigenvalue weighted by atomic mass is 32.2. The summed E-state index contributed by atoms with van der Waals surface area (Å²) in [4.78, 5) is 0. The topological polar surface area (TPSA) is 72.5 Å². The Morgan fingerprint density at radius 3 is 2.33 bits per heavy atom. The summed E-state index contributed by atoms with van der Waals surface area (Å²) < 4.78 is 25.5. The minimum atomic E-state index is -3.31. The van der Waals surface area contributed by atoms with Crippen LogP contribution in [0, 0.1) is 0 Å². The first kappa shape index (κ1) is 11.5. The Kier molecular flexibility index (Phi) is 4.30. The lowest BCUT2D eigenvalue weighted by atomic mass is 9.53. The molecule has 0 saturated heterocycles. The molecule has 0 fully saturated rings. The summed E-state index contributed by atoms with van der Waals surface area (Å²) in [7, 11) is -3.31. The fraction of sp³-hybridized carbons (Fsp3) is 0.833. The molecule has 0 aromatic heterocycles. The van der Waals surface area contributed by atoms with Crippen molar-refractivity contribution in [1.29, 1.82) is 0 Å². The maximum absolute atomic E-state index is 11.1. The molecule has 12 heavy (non-hydrogen) atoms. The number of rotatable bonds is 4. The average Bonchev–Trinajstić information content (AvgIpc) is 1.81. The van der Waals surface area contributed by atoms with E-state index in [0.717, 1.165) is 0 Å². The van der Waals surface area contributed by atoms with Gasteiger partial charge in [0.15, 0.2) is 0 Å². The van der Waals surface area contributed by atoms with Crippen molar-refractivity contribution in [2.24, 2.45) is 10.1 Å². The molecule has 0 unspecified atom stereocenters. The highest BCUT2D eigenvalue weighted by molar-refractivity contribution is 7.90. The maximum Gasteiger partial charge on any atom is 0.254 e. The molecule has 0 aliphatic rings. The molecule has 4 nitrogen and oxygen atoms in total. The molecule has 0 spiro atoms. The molecule has 6 heteroatoms. The molecule has 2 N–H and O–H groups in total. The average molecular weight is 190 g/mol. The first-order valence-corrected chi connectivity index (χ1v) is 5.49. The van der Waals surface area contributed by atoms with Crippen molar-refractivity contribution in [1.82, 2.24) is 0 Å². The van der Waals surface area contributed by atoms with E-state index in [4.69, 9.17) is 5.73 Å². The van der Waals surface area contributed by atoms with Gasteiger partial charge in [-0.2, -0.15) is 4.40 Å². The second-order valence-electron chi connectivity index (χ2n) is 3.20. The van der Waals surface area contributed by atoms with E-state index in [2.05, 4.69) is 4.40 Å². The van der Waals surface area contributed by atoms with E-state index in [0.29, 0.717) is 13.0 Å². The third kappa shape index (κ3) is 6.21. The number of sulfonamides is 1. The van der Waals surface area contributed by atoms with Gasteiger partial charge in [0.05, 0.1) is 5.75 Å². The Bertz CT molecular complexity index is 255. The van der Waals surface area contributed by atoms with E-state index in [1.165, 1.54) is 6.92 Å². The van der Waals surface area contributed by atoms with Crippen molar-refractivity contribution in [3.63, 3.8) is 0 Å². The molecule has 70 valence electrons. The Hall–Kier alpha value is -0.515. The van der Waals surface area contributed by atoms with Crippen LogP contribution in [0.1, 0.15) is 6.92 Å². The van der Waals surface area contributed by atoms with E-state index in [1.54, 1.807) is 0 Å². The monoisotopic (exact) mass is 190 g/mol. The van der Waals surface area contributed by atoms with Crippen LogP contribution in [-0.2, 0) is 10.0 Å². The molecule has 0 bridgehead atoms. The van der Waals surface area contributed by atoms with Crippen molar-refractivity contribution < 1.29 is 8.42 Å². The fourth-order valence-corrected chi connectivity index (χ4v) is 1.95. The predicted octanol–water partition coefficient (Wildman–Crippen LogP) is 0.448. The molecule has 0 aliphatic heterocycles. The predicted molar refractivity (Wildman–Crippen MR) is 53.4 cm³/mol. The fourth-order valence-electron chi connectivity index (χ4n) is 0.650. The molecule has 0 heterocycles. The van der Waals surface area contributed by atoms with Crippen LogP contribution < -0.4 is 5.73 Å². The molecule has 0 aromatic rings. The smallest absolute Gasteiger partial charge is 0.254 e. The van der Waals surface area contributed by atoms with E-state index in [9.17, 15) is 8.42 Å². The number of amidine groups is 1. The van der Waals surface area contributed by atoms with Crippen LogP contribution in [0.5, 0.6) is 0 Å². The Morgan fingerprint density at radius 2 is 2.00 bits per heavy atom. The lowest BCUT2D eigenvalue weighted by molar-refractivity contribution is 0.599. The zero-order chi connectivity index (χ0) is 9.78. The molecular formula is C6H15BN2O2S. The van der Waals surface area contributed by atoms with Gasteiger partial charge in [0.1, 0.15) is 12.5 Å². The minimum absolute atomic E-state index is 0.0825. The molecule has 0 atom stereocenters. The molecule has 0 aromatic carbocycles. The highest BCUT2D eigenvalue weighted by Crippen LogP contribution is 1.99. The van der Waals surface area contributed by atoms with Crippen LogP contribution in [0.25, 0.3) is 0 Å². The summed E-state index contributed by atoms with van der Waals surface area (Å²) >= 11 is 0. The molecule has 0 rings (SSSR count). The van der Waals surface area contributed by atoms with Crippen molar-refractivity contribution in [2.45, 2.75) is 26.9 Å². The summed E-state index contributed by atoms with van der Waals surface area (Å²) in [6.07, 6.45) is 0.624. The first-order chi connectivity index (χ1) is 5.33. The lowest BCUT2D eigenvalue weighted by Crippen LogP contribution is -2.14. The molecule has 0 aliphatic carbocycles. The van der Waals surface area contributed by atoms with Crippen molar-refractivity contribution in [3.8, 4) is 0 Å². The third-order valence-corrected chi connectivity index (χ3v) is 2.55. The Morgan fingerprint density at radius 1 is 1.50 bits per heavy atom. The summed E-state index contributed by atoms with van der Waals surface area (Å²) in [6.45, 7) is 5.77. The van der Waals surface area contributed by atoms with E-state index < -0.39 is 10.0 Å². The number of nitrogens with two attached hydrogens (primary N) is 1. The van der Waals surface area contributed by atoms with Gasteiger partial charge in [-0.25, -0.2) is 8.42 Å². The number of nitrogens with zero attached hydrogens (tertiary/aromatic N) is 1. The van der Waals surface area contributed by atoms with Crippen LogP contribution in [-0.4, -0.2) is 26.7 Å². The van der Waals surface area contributed by atoms with E-state index >= 15 is 0 Å². The summed E-state index contributed by atoms with van der Waals surface area (Å²) in [5.41, 5.74) is 5.16. The normalized spacial score (nSPS) is 13.1. The minimum Gasteiger partial charge on any atom is -0.387 e. The molecule has 0 saturated carbocycles. The quantitative estimate of drug-likeness (QED) is 0.397. The third-order valence-electron chi connectivity index (χ3n) is 1.24.